The summed E-state index contributed by atoms with van der Waals surface area (Å²) < 4.78 is 5.43. The minimum atomic E-state index is -0.923. The van der Waals surface area contributed by atoms with Crippen LogP contribution in [0, 0.1) is 13.8 Å². The highest BCUT2D eigenvalue weighted by atomic mass is 16.5. The molecule has 1 aliphatic rings. The largest absolute Gasteiger partial charge is 0.481 e. The number of hydrogen-bond acceptors (Lipinski definition) is 4. The number of aryl methyl sites for hydroxylation is 2. The van der Waals surface area contributed by atoms with Gasteiger partial charge in [-0.1, -0.05) is 12.1 Å². The fraction of sp³-hybridized carbons (Fsp3) is 0.389. The van der Waals surface area contributed by atoms with E-state index in [1.165, 1.54) is 0 Å². The number of ether oxygens (including phenoxy) is 1. The molecule has 126 valence electrons. The Morgan fingerprint density at radius 2 is 2.12 bits per heavy atom. The van der Waals surface area contributed by atoms with Crippen molar-refractivity contribution in [3.05, 3.63) is 41.1 Å². The molecule has 1 amide bonds. The lowest BCUT2D eigenvalue weighted by molar-refractivity contribution is -0.141. The first-order chi connectivity index (χ1) is 11.4. The molecule has 0 aliphatic carbocycles. The lowest BCUT2D eigenvalue weighted by atomic mass is 10.1. The SMILES string of the molecule is Cc1ccc2cc(C(=O)N3CCO[C@H](CC(=O)O)C3)c(C)nc2c1. The molecule has 24 heavy (non-hydrogen) atoms. The van der Waals surface area contributed by atoms with Crippen LogP contribution in [0.1, 0.15) is 28.0 Å². The molecular weight excluding hydrogens is 308 g/mol. The normalized spacial score (nSPS) is 17.9. The van der Waals surface area contributed by atoms with Crippen molar-refractivity contribution in [1.82, 2.24) is 9.88 Å². The van der Waals surface area contributed by atoms with E-state index in [2.05, 4.69) is 4.98 Å². The third-order valence-electron chi connectivity index (χ3n) is 4.22. The van der Waals surface area contributed by atoms with Crippen molar-refractivity contribution in [3.8, 4) is 0 Å². The number of aliphatic carboxylic acids is 1. The predicted octanol–water partition coefficient (Wildman–Crippen LogP) is 2.17. The van der Waals surface area contributed by atoms with E-state index in [9.17, 15) is 9.59 Å². The molecule has 6 heteroatoms. The maximum atomic E-state index is 12.8. The van der Waals surface area contributed by atoms with Crippen molar-refractivity contribution in [3.63, 3.8) is 0 Å². The zero-order chi connectivity index (χ0) is 17.3. The number of carboxylic acid groups (broad SMARTS) is 1. The molecule has 1 aromatic heterocycles. The summed E-state index contributed by atoms with van der Waals surface area (Å²) in [5.74, 6) is -1.05. The molecule has 0 radical (unpaired) electrons. The van der Waals surface area contributed by atoms with Gasteiger partial charge in [0.05, 0.1) is 35.9 Å². The third-order valence-corrected chi connectivity index (χ3v) is 4.22. The molecule has 1 fully saturated rings. The number of fused-ring (bicyclic) bond motifs is 1. The lowest BCUT2D eigenvalue weighted by Gasteiger charge is -2.32. The van der Waals surface area contributed by atoms with E-state index < -0.39 is 12.1 Å². The maximum absolute atomic E-state index is 12.8. The maximum Gasteiger partial charge on any atom is 0.306 e. The molecule has 6 nitrogen and oxygen atoms in total. The second-order valence-corrected chi connectivity index (χ2v) is 6.16. The van der Waals surface area contributed by atoms with Crippen molar-refractivity contribution in [2.45, 2.75) is 26.4 Å². The average Bonchev–Trinajstić information content (AvgIpc) is 2.53. The van der Waals surface area contributed by atoms with Crippen LogP contribution in [0.2, 0.25) is 0 Å². The van der Waals surface area contributed by atoms with Crippen molar-refractivity contribution < 1.29 is 19.4 Å². The van der Waals surface area contributed by atoms with Gasteiger partial charge < -0.3 is 14.7 Å². The van der Waals surface area contributed by atoms with Crippen LogP contribution in [0.5, 0.6) is 0 Å². The van der Waals surface area contributed by atoms with Gasteiger partial charge in [-0.05, 0) is 31.5 Å². The summed E-state index contributed by atoms with van der Waals surface area (Å²) in [4.78, 5) is 29.9. The number of hydrogen-bond donors (Lipinski definition) is 1. The van der Waals surface area contributed by atoms with Gasteiger partial charge in [-0.25, -0.2) is 0 Å². The standard InChI is InChI=1S/C18H20N2O4/c1-11-3-4-13-8-15(12(2)19-16(13)7-11)18(23)20-5-6-24-14(10-20)9-17(21)22/h3-4,7-8,14H,5-6,9-10H2,1-2H3,(H,21,22)/t14-/m1/s1. The van der Waals surface area contributed by atoms with Gasteiger partial charge in [0.25, 0.3) is 5.91 Å². The molecule has 1 aliphatic heterocycles. The zero-order valence-corrected chi connectivity index (χ0v) is 13.8. The van der Waals surface area contributed by atoms with Crippen molar-refractivity contribution in [2.24, 2.45) is 0 Å². The van der Waals surface area contributed by atoms with Crippen molar-refractivity contribution in [1.29, 1.82) is 0 Å². The zero-order valence-electron chi connectivity index (χ0n) is 13.8. The molecular formula is C18H20N2O4. The molecule has 0 bridgehead atoms. The molecule has 3 rings (SSSR count). The van der Waals surface area contributed by atoms with Crippen LogP contribution in [0.4, 0.5) is 0 Å². The van der Waals surface area contributed by atoms with E-state index >= 15 is 0 Å². The van der Waals surface area contributed by atoms with Gasteiger partial charge in [0.1, 0.15) is 0 Å². The van der Waals surface area contributed by atoms with Crippen LogP contribution in [-0.2, 0) is 9.53 Å². The number of carbonyl (C=O) groups is 2. The molecule has 1 aromatic carbocycles. The van der Waals surface area contributed by atoms with E-state index in [0.29, 0.717) is 24.4 Å². The monoisotopic (exact) mass is 328 g/mol. The van der Waals surface area contributed by atoms with Gasteiger partial charge in [0, 0.05) is 18.5 Å². The number of nitrogens with zero attached hydrogens (tertiary/aromatic N) is 2. The number of pyridine rings is 1. The summed E-state index contributed by atoms with van der Waals surface area (Å²) in [7, 11) is 0. The van der Waals surface area contributed by atoms with Crippen LogP contribution in [0.25, 0.3) is 10.9 Å². The van der Waals surface area contributed by atoms with Crippen LogP contribution < -0.4 is 0 Å². The van der Waals surface area contributed by atoms with Gasteiger partial charge in [0.15, 0.2) is 0 Å². The molecule has 1 atom stereocenters. The Balaban J connectivity index is 1.86. The summed E-state index contributed by atoms with van der Waals surface area (Å²) in [6.07, 6.45) is -0.561. The van der Waals surface area contributed by atoms with E-state index in [1.54, 1.807) is 4.90 Å². The third kappa shape index (κ3) is 3.38. The fourth-order valence-corrected chi connectivity index (χ4v) is 2.98. The average molecular weight is 328 g/mol. The Morgan fingerprint density at radius 3 is 2.88 bits per heavy atom. The number of aromatic nitrogens is 1. The van der Waals surface area contributed by atoms with Crippen LogP contribution in [0.3, 0.4) is 0 Å². The fourth-order valence-electron chi connectivity index (χ4n) is 2.98. The number of amides is 1. The van der Waals surface area contributed by atoms with Crippen LogP contribution >= 0.6 is 0 Å². The summed E-state index contributed by atoms with van der Waals surface area (Å²) >= 11 is 0. The van der Waals surface area contributed by atoms with Gasteiger partial charge in [-0.2, -0.15) is 0 Å². The quantitative estimate of drug-likeness (QED) is 0.934. The van der Waals surface area contributed by atoms with Gasteiger partial charge in [0.2, 0.25) is 0 Å². The molecule has 0 unspecified atom stereocenters. The number of rotatable bonds is 3. The minimum Gasteiger partial charge on any atom is -0.481 e. The number of benzene rings is 1. The topological polar surface area (TPSA) is 79.7 Å². The number of carbonyl (C=O) groups excluding carboxylic acids is 1. The van der Waals surface area contributed by atoms with E-state index in [1.807, 2.05) is 38.1 Å². The van der Waals surface area contributed by atoms with Crippen molar-refractivity contribution >= 4 is 22.8 Å². The number of morpholine rings is 1. The first kappa shape index (κ1) is 16.4. The predicted molar refractivity (Wildman–Crippen MR) is 89.1 cm³/mol. The van der Waals surface area contributed by atoms with E-state index in [4.69, 9.17) is 9.84 Å². The summed E-state index contributed by atoms with van der Waals surface area (Å²) in [6, 6.07) is 7.81. The van der Waals surface area contributed by atoms with E-state index in [-0.39, 0.29) is 18.9 Å². The Hall–Kier alpha value is -2.47. The highest BCUT2D eigenvalue weighted by Gasteiger charge is 2.27. The lowest BCUT2D eigenvalue weighted by Crippen LogP contribution is -2.46. The molecule has 0 spiro atoms. The van der Waals surface area contributed by atoms with Crippen molar-refractivity contribution in [2.75, 3.05) is 19.7 Å². The second-order valence-electron chi connectivity index (χ2n) is 6.16. The Morgan fingerprint density at radius 1 is 1.33 bits per heavy atom. The summed E-state index contributed by atoms with van der Waals surface area (Å²) in [6.45, 7) is 4.93. The number of carboxylic acids is 1. The van der Waals surface area contributed by atoms with Crippen LogP contribution in [0.15, 0.2) is 24.3 Å². The highest BCUT2D eigenvalue weighted by molar-refractivity contribution is 5.98. The smallest absolute Gasteiger partial charge is 0.306 e. The molecule has 0 saturated carbocycles. The minimum absolute atomic E-state index is 0.0992. The Bertz CT molecular complexity index is 803. The van der Waals surface area contributed by atoms with Gasteiger partial charge >= 0.3 is 5.97 Å². The molecule has 1 saturated heterocycles. The summed E-state index contributed by atoms with van der Waals surface area (Å²) in [5, 5.41) is 9.82. The molecule has 2 aromatic rings. The second kappa shape index (κ2) is 6.57. The van der Waals surface area contributed by atoms with Crippen LogP contribution in [-0.4, -0.2) is 52.7 Å². The highest BCUT2D eigenvalue weighted by Crippen LogP contribution is 2.20. The summed E-state index contributed by atoms with van der Waals surface area (Å²) in [5.41, 5.74) is 3.23. The van der Waals surface area contributed by atoms with E-state index in [0.717, 1.165) is 16.5 Å². The first-order valence-corrected chi connectivity index (χ1v) is 7.94. The van der Waals surface area contributed by atoms with Gasteiger partial charge in [-0.15, -0.1) is 0 Å². The first-order valence-electron chi connectivity index (χ1n) is 7.94. The molecule has 2 heterocycles. The Labute approximate surface area is 140 Å². The Kier molecular flexibility index (Phi) is 4.49. The van der Waals surface area contributed by atoms with Gasteiger partial charge in [-0.3, -0.25) is 14.6 Å². The molecule has 1 N–H and O–H groups in total.